The third-order valence-electron chi connectivity index (χ3n) is 33.0. The Morgan fingerprint density at radius 1 is 0.205 bits per heavy atom. The molecule has 0 saturated carbocycles. The van der Waals surface area contributed by atoms with Crippen molar-refractivity contribution in [2.45, 2.75) is 569 Å². The molecule has 4 aliphatic rings. The van der Waals surface area contributed by atoms with Gasteiger partial charge in [-0.05, 0) is 142 Å². The van der Waals surface area contributed by atoms with E-state index in [-0.39, 0.29) is 23.6 Å². The van der Waals surface area contributed by atoms with Crippen molar-refractivity contribution in [3.63, 3.8) is 0 Å². The number of fused-ring (bicyclic) bond motifs is 12. The lowest BCUT2D eigenvalue weighted by atomic mass is 9.93. The summed E-state index contributed by atoms with van der Waals surface area (Å²) in [5.41, 5.74) is 7.18. The molecule has 0 bridgehead atoms. The van der Waals surface area contributed by atoms with Crippen LogP contribution >= 0.6 is 123 Å². The lowest BCUT2D eigenvalue weighted by Gasteiger charge is -2.25. The van der Waals surface area contributed by atoms with Crippen molar-refractivity contribution >= 4 is 229 Å². The van der Waals surface area contributed by atoms with Crippen LogP contribution in [-0.2, 0) is 19.2 Å². The molecule has 12 heterocycles. The number of halogens is 2. The summed E-state index contributed by atoms with van der Waals surface area (Å²) < 4.78 is 12.0. The van der Waals surface area contributed by atoms with Crippen LogP contribution in [0.25, 0.3) is 59.9 Å². The Morgan fingerprint density at radius 2 is 0.363 bits per heavy atom. The fourth-order valence-electron chi connectivity index (χ4n) is 24.2. The van der Waals surface area contributed by atoms with Gasteiger partial charge in [-0.1, -0.05) is 518 Å². The highest BCUT2D eigenvalue weighted by Gasteiger charge is 2.50. The van der Waals surface area contributed by atoms with Crippen LogP contribution in [0.1, 0.15) is 589 Å². The van der Waals surface area contributed by atoms with Gasteiger partial charge in [-0.2, -0.15) is 0 Å². The van der Waals surface area contributed by atoms with Crippen molar-refractivity contribution < 1.29 is 19.2 Å². The number of amides is 4. The first-order valence-corrected chi connectivity index (χ1v) is 70.3. The molecule has 8 aromatic heterocycles. The third-order valence-corrected chi connectivity index (χ3v) is 43.2. The zero-order chi connectivity index (χ0) is 103. The van der Waals surface area contributed by atoms with Crippen LogP contribution in [0.4, 0.5) is 22.7 Å². The van der Waals surface area contributed by atoms with E-state index < -0.39 is 0 Å². The molecule has 0 fully saturated rings. The van der Waals surface area contributed by atoms with Gasteiger partial charge in [0.2, 0.25) is 0 Å². The first kappa shape index (κ1) is 123. The molecular formula is C128H202Br2N4O4S8. The number of nitrogens with zero attached hydrogens (tertiary/aromatic N) is 4. The SMILES string of the molecule is CCCCCCCCCCCCC(CCCCCCCCCC)CN1C(=O)/C(=C2/C(=O)N(CC(CCCCCCCCCC)CCCCCCCCCCCC)c3c2sc2cc(Br)sc32)c2sc3cc(Br)sc3c21.CCCCCCCCCCCCC(CCCCCCCCCC)CN1C(=O)/C(=C2/C(=O)N(CC(CCCCCCCCCC)CCCCCCCCCCCC)c3c2sc2ccsc32)c2sc3ccsc3c21. The van der Waals surface area contributed by atoms with Crippen molar-refractivity contribution in [1.82, 2.24) is 0 Å². The Morgan fingerprint density at radius 3 is 0.541 bits per heavy atom. The predicted octanol–water partition coefficient (Wildman–Crippen LogP) is 47.0. The molecule has 8 aromatic rings. The van der Waals surface area contributed by atoms with E-state index in [1.165, 1.54) is 551 Å². The topological polar surface area (TPSA) is 81.2 Å². The molecular weight excluding hydrogens is 2070 g/mol. The summed E-state index contributed by atoms with van der Waals surface area (Å²) in [6, 6.07) is 8.97. The molecule has 4 atom stereocenters. The molecule has 4 amide bonds. The highest BCUT2D eigenvalue weighted by Crippen LogP contribution is 2.61. The van der Waals surface area contributed by atoms with E-state index >= 15 is 19.2 Å². The van der Waals surface area contributed by atoms with Crippen LogP contribution in [0.2, 0.25) is 0 Å². The van der Waals surface area contributed by atoms with Crippen molar-refractivity contribution in [2.75, 3.05) is 45.8 Å². The largest absolute Gasteiger partial charge is 0.305 e. The summed E-state index contributed by atoms with van der Waals surface area (Å²) in [6.07, 6.45) is 106. The Bertz CT molecular complexity index is 4700. The lowest BCUT2D eigenvalue weighted by molar-refractivity contribution is -0.114. The van der Waals surface area contributed by atoms with Gasteiger partial charge in [0.1, 0.15) is 0 Å². The Labute approximate surface area is 939 Å². The van der Waals surface area contributed by atoms with E-state index in [9.17, 15) is 0 Å². The van der Waals surface area contributed by atoms with E-state index in [0.717, 1.165) is 76.0 Å². The van der Waals surface area contributed by atoms with Crippen molar-refractivity contribution in [3.8, 4) is 0 Å². The number of hydrogen-bond donors (Lipinski definition) is 0. The number of carbonyl (C=O) groups is 4. The van der Waals surface area contributed by atoms with E-state index in [0.29, 0.717) is 46.0 Å². The van der Waals surface area contributed by atoms with Gasteiger partial charge in [0.15, 0.2) is 0 Å². The number of anilines is 4. The minimum absolute atomic E-state index is 0.0663. The highest BCUT2D eigenvalue weighted by atomic mass is 79.9. The molecule has 18 heteroatoms. The first-order valence-electron chi connectivity index (χ1n) is 62.0. The standard InChI is InChI=1S/C64H100Br2N2O2S4.C64H102N2O2S4/c1-5-9-13-17-21-25-27-31-35-39-43-49(41-37-33-29-23-19-15-11-7-3)47-67-57-59-51(45-53(65)73-59)71-61(57)55(63(67)69)56-62-58(60-52(72-62)46-54(66)74-60)68(64(56)70)48-50(42-38-34-30-24-20-16-12-8-4)44-40-36-32-28-26-22-18-14-10-6-2;1-5-9-13-17-21-25-27-31-35-39-43-51(41-37-33-29-23-19-15-11-7-3)49-65-57-59-53(45-47-69-59)71-61(57)55(63(65)67)56-62-58(60-54(72-62)46-48-70-60)66(64(56)68)50-52(42-38-34-30-24-20-16-12-8-4)44-40-36-32-28-26-22-18-14-10-6-2/h45-46,49-50H,5-44,47-48H2,1-4H3;45-48,51-52H,5-44,49-50H2,1-4H3/b2*56-55+. The highest BCUT2D eigenvalue weighted by molar-refractivity contribution is 9.11. The van der Waals surface area contributed by atoms with Crippen LogP contribution in [-0.4, -0.2) is 49.8 Å². The first-order chi connectivity index (χ1) is 71.8. The molecule has 8 nitrogen and oxygen atoms in total. The van der Waals surface area contributed by atoms with Gasteiger partial charge in [-0.3, -0.25) is 19.2 Å². The van der Waals surface area contributed by atoms with Gasteiger partial charge in [0, 0.05) is 45.0 Å². The van der Waals surface area contributed by atoms with Crippen LogP contribution in [0, 0.1) is 23.7 Å². The molecule has 0 radical (unpaired) electrons. The van der Waals surface area contributed by atoms with Gasteiger partial charge in [-0.25, -0.2) is 0 Å². The molecule has 12 rings (SSSR count). The second-order valence-electron chi connectivity index (χ2n) is 45.4. The van der Waals surface area contributed by atoms with Gasteiger partial charge in [-0.15, -0.1) is 90.7 Å². The second kappa shape index (κ2) is 72.7. The number of hydrogen-bond acceptors (Lipinski definition) is 12. The smallest absolute Gasteiger partial charge is 0.260 e. The number of rotatable bonds is 88. The molecule has 0 N–H and O–H groups in total. The molecule has 0 spiro atoms. The average Bonchev–Trinajstić information content (AvgIpc) is 1.54. The van der Waals surface area contributed by atoms with Crippen LogP contribution in [0.5, 0.6) is 0 Å². The summed E-state index contributed by atoms with van der Waals surface area (Å²) in [5.74, 6) is 2.14. The maximum atomic E-state index is 15.6. The van der Waals surface area contributed by atoms with Crippen molar-refractivity contribution in [3.05, 3.63) is 62.1 Å². The molecule has 0 aliphatic carbocycles. The van der Waals surface area contributed by atoms with E-state index in [1.807, 2.05) is 0 Å². The third kappa shape index (κ3) is 39.3. The molecule has 0 saturated heterocycles. The Hall–Kier alpha value is -3.04. The molecule has 820 valence electrons. The van der Waals surface area contributed by atoms with Crippen LogP contribution in [0.15, 0.2) is 42.6 Å². The minimum Gasteiger partial charge on any atom is -0.305 e. The summed E-state index contributed by atoms with van der Waals surface area (Å²) in [4.78, 5) is 75.2. The number of unbranched alkanes of at least 4 members (excludes halogenated alkanes) is 64. The second-order valence-corrected chi connectivity index (χ2v) is 56.3. The fraction of sp³-hybridized carbons (Fsp3) is 0.750. The normalized spacial score (nSPS) is 15.6. The monoisotopic (exact) mass is 2270 g/mol. The van der Waals surface area contributed by atoms with Gasteiger partial charge >= 0.3 is 0 Å². The maximum Gasteiger partial charge on any atom is 0.260 e. The predicted molar refractivity (Wildman–Crippen MR) is 666 cm³/mol. The summed E-state index contributed by atoms with van der Waals surface area (Å²) in [5, 5.41) is 4.40. The zero-order valence-electron chi connectivity index (χ0n) is 93.6. The molecule has 4 aliphatic heterocycles. The Balaban J connectivity index is 0.000000278. The summed E-state index contributed by atoms with van der Waals surface area (Å²) >= 11 is 21.8. The van der Waals surface area contributed by atoms with Gasteiger partial charge in [0.05, 0.1) is 90.9 Å². The number of carbonyl (C=O) groups excluding carboxylic acids is 4. The molecule has 4 unspecified atom stereocenters. The van der Waals surface area contributed by atoms with E-state index in [1.54, 1.807) is 90.7 Å². The van der Waals surface area contributed by atoms with Crippen LogP contribution < -0.4 is 19.6 Å². The minimum atomic E-state index is 0.0663. The average molecular weight is 2280 g/mol. The van der Waals surface area contributed by atoms with E-state index in [4.69, 9.17) is 0 Å². The van der Waals surface area contributed by atoms with E-state index in [2.05, 4.69) is 142 Å². The lowest BCUT2D eigenvalue weighted by Crippen LogP contribution is -2.34. The Kier molecular flexibility index (Phi) is 61.3. The van der Waals surface area contributed by atoms with Crippen LogP contribution in [0.3, 0.4) is 0 Å². The summed E-state index contributed by atoms with van der Waals surface area (Å²) in [6.45, 7) is 21.5. The molecule has 0 aromatic carbocycles. The van der Waals surface area contributed by atoms with Gasteiger partial charge in [0.25, 0.3) is 23.6 Å². The quantitative estimate of drug-likeness (QED) is 0.0281. The zero-order valence-corrected chi connectivity index (χ0v) is 103. The van der Waals surface area contributed by atoms with Crippen molar-refractivity contribution in [2.24, 2.45) is 23.7 Å². The van der Waals surface area contributed by atoms with Gasteiger partial charge < -0.3 is 19.6 Å². The van der Waals surface area contributed by atoms with Crippen molar-refractivity contribution in [1.29, 1.82) is 0 Å². The maximum absolute atomic E-state index is 15.6. The fourth-order valence-corrected chi connectivity index (χ4v) is 35.6. The summed E-state index contributed by atoms with van der Waals surface area (Å²) in [7, 11) is 0. The number of thiophene rings is 8. The molecule has 146 heavy (non-hydrogen) atoms.